The number of likely N-dealkylation sites (tertiary alicyclic amines) is 1. The van der Waals surface area contributed by atoms with E-state index in [9.17, 15) is 8.42 Å². The predicted molar refractivity (Wildman–Crippen MR) is 122 cm³/mol. The van der Waals surface area contributed by atoms with Crippen LogP contribution in [0.1, 0.15) is 104 Å². The van der Waals surface area contributed by atoms with Gasteiger partial charge in [-0.1, -0.05) is 52.0 Å². The molecule has 1 heterocycles. The molecule has 2 aliphatic carbocycles. The van der Waals surface area contributed by atoms with E-state index >= 15 is 0 Å². The molecule has 1 N–H and O–H groups in total. The van der Waals surface area contributed by atoms with Crippen LogP contribution in [-0.4, -0.2) is 31.8 Å². The van der Waals surface area contributed by atoms with Crippen LogP contribution in [-0.2, 0) is 10.0 Å². The average molecular weight is 425 g/mol. The van der Waals surface area contributed by atoms with Gasteiger partial charge in [0.15, 0.2) is 0 Å². The Bertz CT molecular complexity index is 648. The van der Waals surface area contributed by atoms with Crippen LogP contribution in [0.5, 0.6) is 0 Å². The van der Waals surface area contributed by atoms with Crippen molar-refractivity contribution in [3.8, 4) is 0 Å². The van der Waals surface area contributed by atoms with E-state index < -0.39 is 10.0 Å². The van der Waals surface area contributed by atoms with Gasteiger partial charge in [0.1, 0.15) is 5.37 Å². The first-order valence-corrected chi connectivity index (χ1v) is 13.9. The molecular formula is C24H44N2O2S. The molecule has 1 aliphatic heterocycles. The minimum atomic E-state index is -3.37. The Kier molecular flexibility index (Phi) is 8.50. The van der Waals surface area contributed by atoms with Gasteiger partial charge in [0.05, 0.1) is 0 Å². The standard InChI is InChI=1S/C24H44N2O2S/c1-4-8-22(15-14-20-9-7-10-20)23(17-19(2)3)25-29(27,28)24-11-5-6-16-26(24)18-21-12-13-21/h19-21,24-25H,4-18H2,1-3H3. The maximum Gasteiger partial charge on any atom is 0.248 e. The number of piperidine rings is 1. The Labute approximate surface area is 179 Å². The number of hydrogen-bond donors (Lipinski definition) is 1. The van der Waals surface area contributed by atoms with Crippen molar-refractivity contribution in [2.24, 2.45) is 17.8 Å². The molecule has 0 spiro atoms. The molecule has 5 heteroatoms. The fourth-order valence-electron chi connectivity index (χ4n) is 4.95. The highest BCUT2D eigenvalue weighted by Gasteiger charge is 2.37. The van der Waals surface area contributed by atoms with Crippen molar-refractivity contribution in [1.82, 2.24) is 9.62 Å². The molecule has 3 aliphatic rings. The molecule has 0 aromatic heterocycles. The molecule has 3 rings (SSSR count). The van der Waals surface area contributed by atoms with Crippen LogP contribution >= 0.6 is 0 Å². The molecule has 2 saturated carbocycles. The summed E-state index contributed by atoms with van der Waals surface area (Å²) >= 11 is 0. The zero-order valence-electron chi connectivity index (χ0n) is 19.1. The van der Waals surface area contributed by atoms with Crippen molar-refractivity contribution in [3.63, 3.8) is 0 Å². The van der Waals surface area contributed by atoms with E-state index in [-0.39, 0.29) is 5.37 Å². The van der Waals surface area contributed by atoms with Gasteiger partial charge >= 0.3 is 0 Å². The van der Waals surface area contributed by atoms with Crippen LogP contribution in [0, 0.1) is 17.8 Å². The Balaban J connectivity index is 1.76. The van der Waals surface area contributed by atoms with Gasteiger partial charge in [-0.3, -0.25) is 9.62 Å². The van der Waals surface area contributed by atoms with E-state index in [4.69, 9.17) is 0 Å². The second kappa shape index (κ2) is 10.7. The van der Waals surface area contributed by atoms with Crippen LogP contribution in [0.15, 0.2) is 11.3 Å². The van der Waals surface area contributed by atoms with Crippen molar-refractivity contribution < 1.29 is 8.42 Å². The lowest BCUT2D eigenvalue weighted by Gasteiger charge is -2.36. The topological polar surface area (TPSA) is 49.4 Å². The summed E-state index contributed by atoms with van der Waals surface area (Å²) in [5.41, 5.74) is 2.40. The lowest BCUT2D eigenvalue weighted by molar-refractivity contribution is 0.189. The summed E-state index contributed by atoms with van der Waals surface area (Å²) in [4.78, 5) is 2.27. The van der Waals surface area contributed by atoms with Gasteiger partial charge in [-0.05, 0) is 82.1 Å². The average Bonchev–Trinajstić information content (AvgIpc) is 3.43. The Morgan fingerprint density at radius 2 is 1.76 bits per heavy atom. The summed E-state index contributed by atoms with van der Waals surface area (Å²) in [6.07, 6.45) is 14.8. The Morgan fingerprint density at radius 3 is 2.34 bits per heavy atom. The molecule has 0 aromatic rings. The lowest BCUT2D eigenvalue weighted by atomic mass is 9.80. The highest BCUT2D eigenvalue weighted by atomic mass is 32.2. The summed E-state index contributed by atoms with van der Waals surface area (Å²) in [5, 5.41) is -0.339. The van der Waals surface area contributed by atoms with Gasteiger partial charge in [-0.2, -0.15) is 0 Å². The summed E-state index contributed by atoms with van der Waals surface area (Å²) in [5.74, 6) is 2.05. The fourth-order valence-corrected chi connectivity index (χ4v) is 6.72. The minimum absolute atomic E-state index is 0.339. The van der Waals surface area contributed by atoms with Crippen molar-refractivity contribution in [2.75, 3.05) is 13.1 Å². The molecule has 168 valence electrons. The molecule has 0 amide bonds. The van der Waals surface area contributed by atoms with Crippen LogP contribution in [0.25, 0.3) is 0 Å². The van der Waals surface area contributed by atoms with Crippen molar-refractivity contribution in [3.05, 3.63) is 11.3 Å². The quantitative estimate of drug-likeness (QED) is 0.430. The van der Waals surface area contributed by atoms with Gasteiger partial charge in [0, 0.05) is 12.2 Å². The SMILES string of the molecule is CCCC(CCC1CCC1)=C(CC(C)C)NS(=O)(=O)C1CCCCN1CC1CC1. The molecule has 29 heavy (non-hydrogen) atoms. The molecule has 0 radical (unpaired) electrons. The Morgan fingerprint density at radius 1 is 1.00 bits per heavy atom. The normalized spacial score (nSPS) is 25.0. The molecule has 4 nitrogen and oxygen atoms in total. The van der Waals surface area contributed by atoms with Gasteiger partial charge in [0.2, 0.25) is 10.0 Å². The second-order valence-corrected chi connectivity index (χ2v) is 12.1. The van der Waals surface area contributed by atoms with Gasteiger partial charge in [-0.25, -0.2) is 8.42 Å². The van der Waals surface area contributed by atoms with E-state index in [1.807, 2.05) is 0 Å². The number of rotatable bonds is 12. The van der Waals surface area contributed by atoms with E-state index in [1.54, 1.807) is 0 Å². The molecular weight excluding hydrogens is 380 g/mol. The molecule has 0 bridgehead atoms. The summed E-state index contributed by atoms with van der Waals surface area (Å²) in [6.45, 7) is 8.52. The van der Waals surface area contributed by atoms with E-state index in [0.29, 0.717) is 5.92 Å². The summed E-state index contributed by atoms with van der Waals surface area (Å²) < 4.78 is 30.2. The fraction of sp³-hybridized carbons (Fsp3) is 0.917. The third kappa shape index (κ3) is 6.99. The van der Waals surface area contributed by atoms with Crippen LogP contribution < -0.4 is 4.72 Å². The minimum Gasteiger partial charge on any atom is -0.286 e. The smallest absolute Gasteiger partial charge is 0.248 e. The lowest BCUT2D eigenvalue weighted by Crippen LogP contribution is -2.49. The highest BCUT2D eigenvalue weighted by Crippen LogP contribution is 2.35. The second-order valence-electron chi connectivity index (χ2n) is 10.3. The van der Waals surface area contributed by atoms with E-state index in [1.165, 1.54) is 44.1 Å². The molecule has 1 saturated heterocycles. The first kappa shape index (κ1) is 23.1. The van der Waals surface area contributed by atoms with E-state index in [2.05, 4.69) is 30.4 Å². The first-order chi connectivity index (χ1) is 13.9. The molecule has 1 atom stereocenters. The van der Waals surface area contributed by atoms with E-state index in [0.717, 1.165) is 75.6 Å². The molecule has 3 fully saturated rings. The van der Waals surface area contributed by atoms with Crippen molar-refractivity contribution >= 4 is 10.0 Å². The third-order valence-electron chi connectivity index (χ3n) is 7.04. The largest absolute Gasteiger partial charge is 0.286 e. The summed E-state index contributed by atoms with van der Waals surface area (Å²) in [6, 6.07) is 0. The predicted octanol–water partition coefficient (Wildman–Crippen LogP) is 5.81. The number of allylic oxidation sites excluding steroid dienone is 2. The van der Waals surface area contributed by atoms with Crippen molar-refractivity contribution in [2.45, 2.75) is 110 Å². The molecule has 0 aromatic carbocycles. The number of nitrogens with zero attached hydrogens (tertiary/aromatic N) is 1. The first-order valence-electron chi connectivity index (χ1n) is 12.4. The zero-order chi connectivity index (χ0) is 20.9. The van der Waals surface area contributed by atoms with Crippen LogP contribution in [0.4, 0.5) is 0 Å². The number of hydrogen-bond acceptors (Lipinski definition) is 3. The Hall–Kier alpha value is -0.550. The monoisotopic (exact) mass is 424 g/mol. The van der Waals surface area contributed by atoms with Gasteiger partial charge < -0.3 is 0 Å². The van der Waals surface area contributed by atoms with Crippen molar-refractivity contribution in [1.29, 1.82) is 0 Å². The maximum absolute atomic E-state index is 13.5. The van der Waals surface area contributed by atoms with Crippen LogP contribution in [0.3, 0.4) is 0 Å². The maximum atomic E-state index is 13.5. The third-order valence-corrected chi connectivity index (χ3v) is 8.82. The molecule has 1 unspecified atom stereocenters. The van der Waals surface area contributed by atoms with Gasteiger partial charge in [0.25, 0.3) is 0 Å². The summed E-state index contributed by atoms with van der Waals surface area (Å²) in [7, 11) is -3.37. The number of sulfonamides is 1. The van der Waals surface area contributed by atoms with Gasteiger partial charge in [-0.15, -0.1) is 0 Å². The zero-order valence-corrected chi connectivity index (χ0v) is 19.9. The highest BCUT2D eigenvalue weighted by molar-refractivity contribution is 7.90. The number of nitrogens with one attached hydrogen (secondary N) is 1. The van der Waals surface area contributed by atoms with Crippen LogP contribution in [0.2, 0.25) is 0 Å².